The second kappa shape index (κ2) is 13.3. The summed E-state index contributed by atoms with van der Waals surface area (Å²) in [4.78, 5) is 6.54. The molecule has 5 nitrogen and oxygen atoms in total. The molecule has 0 amide bonds. The molecule has 0 aliphatic heterocycles. The maximum Gasteiger partial charge on any atom is 0.212 e. The Hall–Kier alpha value is -8.90. The van der Waals surface area contributed by atoms with Gasteiger partial charge in [0.05, 0.1) is 45.6 Å². The van der Waals surface area contributed by atoms with Crippen molar-refractivity contribution in [2.75, 3.05) is 4.90 Å². The number of aromatic nitrogens is 2. The van der Waals surface area contributed by atoms with E-state index in [2.05, 4.69) is 201 Å². The molecule has 5 heteroatoms. The van der Waals surface area contributed by atoms with Gasteiger partial charge in [-0.25, -0.2) is 4.85 Å². The molecule has 0 saturated carbocycles. The first-order chi connectivity index (χ1) is 31.2. The number of hydrogen-bond acceptors (Lipinski definition) is 2. The van der Waals surface area contributed by atoms with Crippen LogP contribution in [-0.2, 0) is 0 Å². The topological polar surface area (TPSA) is 41.2 Å². The second-order valence-electron chi connectivity index (χ2n) is 16.3. The van der Waals surface area contributed by atoms with E-state index in [0.29, 0.717) is 22.6 Å². The monoisotopic (exact) mass is 799 g/mol. The molecular formula is C58H33N5. The molecule has 63 heavy (non-hydrogen) atoms. The van der Waals surface area contributed by atoms with Crippen molar-refractivity contribution < 1.29 is 0 Å². The molecule has 12 aromatic rings. The first kappa shape index (κ1) is 34.9. The minimum absolute atomic E-state index is 0.463. The Bertz CT molecular complexity index is 3950. The minimum Gasteiger partial charge on any atom is -0.318 e. The molecule has 1 aliphatic rings. The van der Waals surface area contributed by atoms with Crippen LogP contribution in [0.15, 0.2) is 200 Å². The maximum atomic E-state index is 11.2. The summed E-state index contributed by atoms with van der Waals surface area (Å²) in [5, 5.41) is 20.2. The lowest BCUT2D eigenvalue weighted by molar-refractivity contribution is 1.14. The molecule has 10 aromatic carbocycles. The average molecular weight is 800 g/mol. The Balaban J connectivity index is 1.09. The molecule has 0 saturated heterocycles. The second-order valence-corrected chi connectivity index (χ2v) is 16.3. The quantitative estimate of drug-likeness (QED) is 0.163. The summed E-state index contributed by atoms with van der Waals surface area (Å²) in [6.45, 7) is 8.77. The molecule has 13 rings (SSSR count). The first-order valence-corrected chi connectivity index (χ1v) is 21.1. The van der Waals surface area contributed by atoms with Crippen molar-refractivity contribution in [2.45, 2.75) is 0 Å². The van der Waals surface area contributed by atoms with Crippen molar-refractivity contribution in [3.05, 3.63) is 217 Å². The lowest BCUT2D eigenvalue weighted by Crippen LogP contribution is -2.09. The van der Waals surface area contributed by atoms with E-state index in [0.717, 1.165) is 76.8 Å². The smallest absolute Gasteiger partial charge is 0.212 e. The van der Waals surface area contributed by atoms with E-state index in [-0.39, 0.29) is 0 Å². The van der Waals surface area contributed by atoms with Crippen LogP contribution in [0.2, 0.25) is 0 Å². The van der Waals surface area contributed by atoms with E-state index < -0.39 is 0 Å². The fraction of sp³-hybridized carbons (Fsp3) is 0. The zero-order valence-electron chi connectivity index (χ0n) is 33.8. The lowest BCUT2D eigenvalue weighted by Gasteiger charge is -2.25. The van der Waals surface area contributed by atoms with Crippen molar-refractivity contribution in [2.24, 2.45) is 0 Å². The number of nitriles is 1. The highest BCUT2D eigenvalue weighted by Gasteiger charge is 2.27. The molecule has 0 fully saturated rings. The summed E-state index contributed by atoms with van der Waals surface area (Å²) in [6, 6.07) is 72.7. The number of nitrogens with zero attached hydrogens (tertiary/aromatic N) is 5. The summed E-state index contributed by atoms with van der Waals surface area (Å²) in [5.74, 6) is 0. The van der Waals surface area contributed by atoms with E-state index in [1.165, 1.54) is 27.6 Å². The number of para-hydroxylation sites is 3. The van der Waals surface area contributed by atoms with Crippen molar-refractivity contribution >= 4 is 87.9 Å². The summed E-state index contributed by atoms with van der Waals surface area (Å²) < 4.78 is 4.41. The van der Waals surface area contributed by atoms with Gasteiger partial charge in [0.2, 0.25) is 5.69 Å². The van der Waals surface area contributed by atoms with Crippen LogP contribution in [0.4, 0.5) is 22.7 Å². The van der Waals surface area contributed by atoms with Crippen LogP contribution in [-0.4, -0.2) is 9.13 Å². The van der Waals surface area contributed by atoms with Gasteiger partial charge in [0.15, 0.2) is 0 Å². The van der Waals surface area contributed by atoms with Gasteiger partial charge in [-0.3, -0.25) is 0 Å². The molecule has 0 atom stereocenters. The van der Waals surface area contributed by atoms with E-state index >= 15 is 0 Å². The maximum absolute atomic E-state index is 11.2. The Morgan fingerprint density at radius 2 is 1.06 bits per heavy atom. The Labute approximate surface area is 362 Å². The summed E-state index contributed by atoms with van der Waals surface area (Å²) in [5.41, 5.74) is 14.3. The van der Waals surface area contributed by atoms with Gasteiger partial charge in [0, 0.05) is 44.0 Å². The lowest BCUT2D eigenvalue weighted by atomic mass is 9.99. The highest BCUT2D eigenvalue weighted by Crippen LogP contribution is 2.52. The van der Waals surface area contributed by atoms with Crippen LogP contribution in [0.25, 0.3) is 104 Å². The molecule has 0 bridgehead atoms. The van der Waals surface area contributed by atoms with E-state index in [9.17, 15) is 5.26 Å². The normalized spacial score (nSPS) is 11.8. The van der Waals surface area contributed by atoms with Crippen molar-refractivity contribution in [3.8, 4) is 39.7 Å². The van der Waals surface area contributed by atoms with Crippen molar-refractivity contribution in [1.29, 1.82) is 5.26 Å². The van der Waals surface area contributed by atoms with E-state index in [1.54, 1.807) is 0 Å². The molecule has 2 aromatic heterocycles. The molecule has 0 N–H and O–H groups in total. The van der Waals surface area contributed by atoms with Crippen LogP contribution in [0, 0.1) is 17.9 Å². The summed E-state index contributed by atoms with van der Waals surface area (Å²) >= 11 is 0. The Morgan fingerprint density at radius 1 is 0.429 bits per heavy atom. The standard InChI is InChI=1S/C58H33N5/c1-60-50-34-54(37(35-59)31-55(50)63-51-26-13-12-23-44(51)48-33-47-43-22-11-10-21-42(43)45-24-14-25-46(56(45)47)58(48)63)62-52-30-28-40(61(38-16-4-2-5-17-38)39-18-6-3-7-19-39)32-49(52)57-41-20-9-8-15-36(41)27-29-53(57)62/h2-34H. The Kier molecular flexibility index (Phi) is 7.37. The zero-order chi connectivity index (χ0) is 41.8. The minimum atomic E-state index is 0.463. The predicted octanol–water partition coefficient (Wildman–Crippen LogP) is 15.7. The van der Waals surface area contributed by atoms with Crippen LogP contribution in [0.5, 0.6) is 0 Å². The number of fused-ring (bicyclic) bond motifs is 12. The SMILES string of the molecule is [C-]#[N+]c1cc(-n2c3ccc(N(c4ccccc4)c4ccccc4)cc3c3c4ccccc4ccc32)c(C#N)cc1-n1c2ccccc2c2cc3c4c(cccc4c21)-c1ccccc1-3. The first-order valence-electron chi connectivity index (χ1n) is 21.1. The predicted molar refractivity (Wildman–Crippen MR) is 260 cm³/mol. The van der Waals surface area contributed by atoms with Crippen LogP contribution in [0.3, 0.4) is 0 Å². The Morgan fingerprint density at radius 3 is 1.83 bits per heavy atom. The fourth-order valence-electron chi connectivity index (χ4n) is 10.5. The summed E-state index contributed by atoms with van der Waals surface area (Å²) in [7, 11) is 0. The average Bonchev–Trinajstić information content (AvgIpc) is 3.98. The van der Waals surface area contributed by atoms with Gasteiger partial charge < -0.3 is 14.0 Å². The molecule has 0 radical (unpaired) electrons. The molecule has 2 heterocycles. The molecule has 1 aliphatic carbocycles. The van der Waals surface area contributed by atoms with Gasteiger partial charge in [0.25, 0.3) is 0 Å². The van der Waals surface area contributed by atoms with E-state index in [4.69, 9.17) is 6.57 Å². The van der Waals surface area contributed by atoms with Crippen molar-refractivity contribution in [1.82, 2.24) is 9.13 Å². The molecule has 290 valence electrons. The third-order valence-electron chi connectivity index (χ3n) is 13.0. The highest BCUT2D eigenvalue weighted by molar-refractivity contribution is 6.28. The molecular weight excluding hydrogens is 767 g/mol. The number of benzene rings is 10. The van der Waals surface area contributed by atoms with Crippen molar-refractivity contribution in [3.63, 3.8) is 0 Å². The van der Waals surface area contributed by atoms with Crippen LogP contribution < -0.4 is 4.90 Å². The summed E-state index contributed by atoms with van der Waals surface area (Å²) in [6.07, 6.45) is 0. The number of anilines is 3. The van der Waals surface area contributed by atoms with Gasteiger partial charge in [-0.2, -0.15) is 5.26 Å². The number of rotatable bonds is 5. The number of hydrogen-bond donors (Lipinski definition) is 0. The van der Waals surface area contributed by atoms with E-state index in [1.807, 2.05) is 24.3 Å². The van der Waals surface area contributed by atoms with Gasteiger partial charge in [-0.1, -0.05) is 127 Å². The van der Waals surface area contributed by atoms with Crippen LogP contribution >= 0.6 is 0 Å². The third kappa shape index (κ3) is 4.91. The fourth-order valence-corrected chi connectivity index (χ4v) is 10.5. The third-order valence-corrected chi connectivity index (χ3v) is 13.0. The van der Waals surface area contributed by atoms with Gasteiger partial charge >= 0.3 is 0 Å². The molecule has 0 spiro atoms. The van der Waals surface area contributed by atoms with Gasteiger partial charge in [0.1, 0.15) is 6.07 Å². The van der Waals surface area contributed by atoms with Crippen LogP contribution in [0.1, 0.15) is 5.56 Å². The molecule has 0 unspecified atom stereocenters. The largest absolute Gasteiger partial charge is 0.318 e. The van der Waals surface area contributed by atoms with Gasteiger partial charge in [-0.05, 0) is 111 Å². The highest BCUT2D eigenvalue weighted by atomic mass is 15.1. The zero-order valence-corrected chi connectivity index (χ0v) is 33.8. The van der Waals surface area contributed by atoms with Gasteiger partial charge in [-0.15, -0.1) is 0 Å².